The number of rotatable bonds is 2. The molecule has 1 N–H and O–H groups in total. The van der Waals surface area contributed by atoms with E-state index in [9.17, 15) is 0 Å². The number of hydrogen-bond donors (Lipinski definition) is 1. The molecule has 15 heavy (non-hydrogen) atoms. The van der Waals surface area contributed by atoms with Gasteiger partial charge in [0.1, 0.15) is 0 Å². The smallest absolute Gasteiger partial charge is 0.187 e. The highest BCUT2D eigenvalue weighted by atomic mass is 79.9. The molecule has 6 heteroatoms. The Morgan fingerprint density at radius 3 is 2.87 bits per heavy atom. The van der Waals surface area contributed by atoms with Crippen molar-refractivity contribution < 1.29 is 0 Å². The normalized spacial score (nSPS) is 10.3. The highest BCUT2D eigenvalue weighted by Gasteiger charge is 2.06. The lowest BCUT2D eigenvalue weighted by atomic mass is 10.2. The summed E-state index contributed by atoms with van der Waals surface area (Å²) in [7, 11) is 0. The van der Waals surface area contributed by atoms with Crippen molar-refractivity contribution >= 4 is 50.8 Å². The number of halogens is 2. The van der Waals surface area contributed by atoms with E-state index in [0.29, 0.717) is 11.0 Å². The quantitative estimate of drug-likeness (QED) is 0.911. The standard InChI is InChI=1S/C9H7BrClN3S/c1-5-2-3-6(10)4-7(5)12-9-8(11)13-15-14-9/h2-4H,1H3,(H,12,14). The summed E-state index contributed by atoms with van der Waals surface area (Å²) in [6.07, 6.45) is 0. The van der Waals surface area contributed by atoms with Gasteiger partial charge in [-0.15, -0.1) is 0 Å². The molecule has 0 bridgehead atoms. The molecule has 0 aliphatic heterocycles. The first-order valence-electron chi connectivity index (χ1n) is 4.18. The van der Waals surface area contributed by atoms with Crippen molar-refractivity contribution in [2.24, 2.45) is 0 Å². The summed E-state index contributed by atoms with van der Waals surface area (Å²) in [5.74, 6) is 0.600. The number of anilines is 2. The molecule has 0 saturated heterocycles. The molecule has 0 amide bonds. The van der Waals surface area contributed by atoms with Crippen LogP contribution in [0.25, 0.3) is 0 Å². The van der Waals surface area contributed by atoms with Gasteiger partial charge >= 0.3 is 0 Å². The minimum atomic E-state index is 0.402. The molecule has 2 aromatic rings. The largest absolute Gasteiger partial charge is 0.336 e. The van der Waals surface area contributed by atoms with E-state index in [0.717, 1.165) is 27.5 Å². The van der Waals surface area contributed by atoms with E-state index in [-0.39, 0.29) is 0 Å². The van der Waals surface area contributed by atoms with Gasteiger partial charge < -0.3 is 5.32 Å². The summed E-state index contributed by atoms with van der Waals surface area (Å²) < 4.78 is 8.95. The van der Waals surface area contributed by atoms with Crippen LogP contribution in [-0.2, 0) is 0 Å². The summed E-state index contributed by atoms with van der Waals surface area (Å²) in [5.41, 5.74) is 2.10. The first kappa shape index (κ1) is 10.9. The van der Waals surface area contributed by atoms with Crippen molar-refractivity contribution in [1.29, 1.82) is 0 Å². The van der Waals surface area contributed by atoms with Gasteiger partial charge in [-0.3, -0.25) is 0 Å². The van der Waals surface area contributed by atoms with Gasteiger partial charge in [-0.1, -0.05) is 33.6 Å². The number of benzene rings is 1. The van der Waals surface area contributed by atoms with Crippen LogP contribution in [0.3, 0.4) is 0 Å². The Hall–Kier alpha value is -0.650. The van der Waals surface area contributed by atoms with E-state index in [2.05, 4.69) is 30.0 Å². The molecule has 1 aromatic heterocycles. The lowest BCUT2D eigenvalue weighted by Crippen LogP contribution is -1.93. The molecule has 3 nitrogen and oxygen atoms in total. The molecule has 0 atom stereocenters. The fraction of sp³-hybridized carbons (Fsp3) is 0.111. The second kappa shape index (κ2) is 4.47. The predicted octanol–water partition coefficient (Wildman–Crippen LogP) is 4.01. The van der Waals surface area contributed by atoms with Crippen LogP contribution < -0.4 is 5.32 Å². The molecule has 1 aromatic carbocycles. The second-order valence-electron chi connectivity index (χ2n) is 2.99. The Labute approximate surface area is 105 Å². The van der Waals surface area contributed by atoms with Gasteiger partial charge in [0, 0.05) is 10.2 Å². The first-order chi connectivity index (χ1) is 7.16. The van der Waals surface area contributed by atoms with Gasteiger partial charge in [-0.2, -0.15) is 8.75 Å². The number of aryl methyl sites for hydroxylation is 1. The van der Waals surface area contributed by atoms with Crippen molar-refractivity contribution in [2.45, 2.75) is 6.92 Å². The molecule has 78 valence electrons. The number of aromatic nitrogens is 2. The van der Waals surface area contributed by atoms with Gasteiger partial charge in [0.15, 0.2) is 11.0 Å². The monoisotopic (exact) mass is 303 g/mol. The number of nitrogens with zero attached hydrogens (tertiary/aromatic N) is 2. The summed E-state index contributed by atoms with van der Waals surface area (Å²) in [5, 5.41) is 3.54. The molecule has 0 radical (unpaired) electrons. The van der Waals surface area contributed by atoms with Crippen LogP contribution in [0.2, 0.25) is 5.15 Å². The fourth-order valence-corrected chi connectivity index (χ4v) is 2.11. The summed E-state index contributed by atoms with van der Waals surface area (Å²) in [4.78, 5) is 0. The van der Waals surface area contributed by atoms with Crippen molar-refractivity contribution in [3.05, 3.63) is 33.4 Å². The minimum absolute atomic E-state index is 0.402. The molecule has 0 saturated carbocycles. The summed E-state index contributed by atoms with van der Waals surface area (Å²) in [6.45, 7) is 2.02. The SMILES string of the molecule is Cc1ccc(Br)cc1Nc1nsnc1Cl. The molecule has 0 unspecified atom stereocenters. The maximum Gasteiger partial charge on any atom is 0.187 e. The Morgan fingerprint density at radius 1 is 1.40 bits per heavy atom. The molecule has 2 rings (SSSR count). The lowest BCUT2D eigenvalue weighted by molar-refractivity contribution is 1.38. The predicted molar refractivity (Wildman–Crippen MR) is 67.1 cm³/mol. The van der Waals surface area contributed by atoms with Crippen LogP contribution in [0.4, 0.5) is 11.5 Å². The number of hydrogen-bond acceptors (Lipinski definition) is 4. The third-order valence-electron chi connectivity index (χ3n) is 1.90. The third kappa shape index (κ3) is 2.48. The van der Waals surface area contributed by atoms with E-state index in [4.69, 9.17) is 11.6 Å². The van der Waals surface area contributed by atoms with Gasteiger partial charge in [-0.25, -0.2) is 0 Å². The molecule has 0 fully saturated rings. The van der Waals surface area contributed by atoms with Crippen LogP contribution >= 0.6 is 39.3 Å². The lowest BCUT2D eigenvalue weighted by Gasteiger charge is -2.07. The van der Waals surface area contributed by atoms with Crippen LogP contribution in [0.15, 0.2) is 22.7 Å². The van der Waals surface area contributed by atoms with Crippen LogP contribution in [0.5, 0.6) is 0 Å². The third-order valence-corrected chi connectivity index (χ3v) is 3.29. The summed E-state index contributed by atoms with van der Waals surface area (Å²) >= 11 is 10.3. The fourth-order valence-electron chi connectivity index (χ4n) is 1.11. The van der Waals surface area contributed by atoms with Gasteiger partial charge in [0.05, 0.1) is 11.7 Å². The topological polar surface area (TPSA) is 37.8 Å². The molecular weight excluding hydrogens is 298 g/mol. The van der Waals surface area contributed by atoms with E-state index in [1.165, 1.54) is 0 Å². The first-order valence-corrected chi connectivity index (χ1v) is 6.08. The maximum atomic E-state index is 5.84. The molecule has 0 aliphatic rings. The highest BCUT2D eigenvalue weighted by Crippen LogP contribution is 2.27. The Kier molecular flexibility index (Phi) is 3.23. The Bertz CT molecular complexity index is 486. The van der Waals surface area contributed by atoms with Gasteiger partial charge in [-0.05, 0) is 24.6 Å². The van der Waals surface area contributed by atoms with E-state index in [1.54, 1.807) is 0 Å². The van der Waals surface area contributed by atoms with Crippen molar-refractivity contribution in [1.82, 2.24) is 8.75 Å². The van der Waals surface area contributed by atoms with E-state index in [1.807, 2.05) is 25.1 Å². The second-order valence-corrected chi connectivity index (χ2v) is 4.79. The molecule has 1 heterocycles. The van der Waals surface area contributed by atoms with Gasteiger partial charge in [0.2, 0.25) is 0 Å². The van der Waals surface area contributed by atoms with Crippen molar-refractivity contribution in [3.8, 4) is 0 Å². The van der Waals surface area contributed by atoms with E-state index >= 15 is 0 Å². The average Bonchev–Trinajstić information content (AvgIpc) is 2.58. The van der Waals surface area contributed by atoms with Crippen molar-refractivity contribution in [3.63, 3.8) is 0 Å². The van der Waals surface area contributed by atoms with Crippen LogP contribution in [0, 0.1) is 6.92 Å². The molecular formula is C9H7BrClN3S. The Morgan fingerprint density at radius 2 is 2.20 bits per heavy atom. The maximum absolute atomic E-state index is 5.84. The van der Waals surface area contributed by atoms with E-state index < -0.39 is 0 Å². The van der Waals surface area contributed by atoms with Crippen LogP contribution in [0.1, 0.15) is 5.56 Å². The minimum Gasteiger partial charge on any atom is -0.336 e. The van der Waals surface area contributed by atoms with Crippen LogP contribution in [-0.4, -0.2) is 8.75 Å². The molecule has 0 aliphatic carbocycles. The van der Waals surface area contributed by atoms with Gasteiger partial charge in [0.25, 0.3) is 0 Å². The Balaban J connectivity index is 2.32. The average molecular weight is 305 g/mol. The summed E-state index contributed by atoms with van der Waals surface area (Å²) in [6, 6.07) is 5.98. The number of nitrogens with one attached hydrogen (secondary N) is 1. The molecule has 0 spiro atoms. The van der Waals surface area contributed by atoms with Crippen molar-refractivity contribution in [2.75, 3.05) is 5.32 Å². The zero-order valence-electron chi connectivity index (χ0n) is 7.79. The highest BCUT2D eigenvalue weighted by molar-refractivity contribution is 9.10. The zero-order chi connectivity index (χ0) is 10.8. The zero-order valence-corrected chi connectivity index (χ0v) is 10.9.